The number of aryl methyl sites for hydroxylation is 3. The van der Waals surface area contributed by atoms with Crippen molar-refractivity contribution >= 4 is 29.5 Å². The van der Waals surface area contributed by atoms with Crippen LogP contribution in [0, 0.1) is 37.0 Å². The number of nitriles is 1. The number of fused-ring (bicyclic) bond motifs is 5. The normalized spacial score (nSPS) is 16.1. The van der Waals surface area contributed by atoms with Gasteiger partial charge in [0, 0.05) is 43.2 Å². The largest absolute Gasteiger partial charge is 0.492 e. The van der Waals surface area contributed by atoms with Gasteiger partial charge in [-0.05, 0) is 99.2 Å². The fraction of sp³-hybridized carbons (Fsp3) is 0.375. The summed E-state index contributed by atoms with van der Waals surface area (Å²) in [6, 6.07) is 14.8. The highest BCUT2D eigenvalue weighted by molar-refractivity contribution is 6.00. The highest BCUT2D eigenvalue weighted by Gasteiger charge is 2.36. The highest BCUT2D eigenvalue weighted by Crippen LogP contribution is 2.40. The third-order valence-electron chi connectivity index (χ3n) is 10.8. The van der Waals surface area contributed by atoms with E-state index in [1.807, 2.05) is 30.3 Å². The Morgan fingerprint density at radius 1 is 0.879 bits per heavy atom. The van der Waals surface area contributed by atoms with Crippen LogP contribution in [0.25, 0.3) is 11.1 Å². The summed E-state index contributed by atoms with van der Waals surface area (Å²) in [7, 11) is 1.41. The molecule has 4 aromatic rings. The Hall–Kier alpha value is -7.38. The topological polar surface area (TPSA) is 283 Å². The number of amides is 5. The molecule has 1 aliphatic rings. The van der Waals surface area contributed by atoms with Gasteiger partial charge in [0.2, 0.25) is 29.5 Å². The second-order valence-electron chi connectivity index (χ2n) is 15.6. The molecule has 5 amide bonds. The third-order valence-corrected chi connectivity index (χ3v) is 10.8. The summed E-state index contributed by atoms with van der Waals surface area (Å²) in [4.78, 5) is 80.5. The summed E-state index contributed by atoms with van der Waals surface area (Å²) in [6.45, 7) is 7.14. The summed E-state index contributed by atoms with van der Waals surface area (Å²) in [5, 5.41) is 19.9. The van der Waals surface area contributed by atoms with Crippen molar-refractivity contribution in [1.82, 2.24) is 36.1 Å². The van der Waals surface area contributed by atoms with Crippen molar-refractivity contribution in [3.63, 3.8) is 0 Å². The zero-order valence-corrected chi connectivity index (χ0v) is 37.8. The molecular weight excluding hydrogens is 843 g/mol. The molecule has 5 rings (SSSR count). The molecular formula is C48H57N11O7. The monoisotopic (exact) mass is 899 g/mol. The van der Waals surface area contributed by atoms with Crippen molar-refractivity contribution in [1.29, 1.82) is 5.26 Å². The van der Waals surface area contributed by atoms with Crippen LogP contribution in [0.5, 0.6) is 11.5 Å². The molecule has 4 atom stereocenters. The number of nitrogens with zero attached hydrogens (tertiary/aromatic N) is 4. The molecule has 0 saturated heterocycles. The Morgan fingerprint density at radius 2 is 1.52 bits per heavy atom. The predicted molar refractivity (Wildman–Crippen MR) is 247 cm³/mol. The number of likely N-dealkylation sites (N-methyl/N-ethyl adjacent to an activating group) is 1. The Morgan fingerprint density at radius 3 is 2.12 bits per heavy atom. The average Bonchev–Trinajstić information content (AvgIpc) is 3.30. The van der Waals surface area contributed by atoms with Gasteiger partial charge in [-0.3, -0.25) is 24.0 Å². The second kappa shape index (κ2) is 23.5. The van der Waals surface area contributed by atoms with Crippen LogP contribution in [-0.2, 0) is 32.0 Å². The number of carbonyl (C=O) groups is 5. The number of aromatic nitrogens is 2. The number of benzene rings is 3. The van der Waals surface area contributed by atoms with Gasteiger partial charge in [-0.25, -0.2) is 9.97 Å². The molecule has 2 heterocycles. The SMILES string of the molecule is CCc1ccc(C#Cc2nc(C)c(C(=O)NC(CCN)C(=O)N(C)C3C(=O)NC(C)C(=O)NC(C(=O)NCC#N)Cc4ccc(OCCN)c(c4)-c4cc3ccc4OCCN)c(C)n2)cc1. The Labute approximate surface area is 384 Å². The quantitative estimate of drug-likeness (QED) is 0.0654. The first-order chi connectivity index (χ1) is 31.7. The lowest BCUT2D eigenvalue weighted by Crippen LogP contribution is -2.56. The van der Waals surface area contributed by atoms with Crippen molar-refractivity contribution in [2.24, 2.45) is 17.2 Å². The zero-order valence-electron chi connectivity index (χ0n) is 37.8. The van der Waals surface area contributed by atoms with Crippen molar-refractivity contribution in [3.8, 4) is 40.5 Å². The van der Waals surface area contributed by atoms with E-state index in [9.17, 15) is 24.0 Å². The van der Waals surface area contributed by atoms with E-state index in [2.05, 4.69) is 50.0 Å². The first-order valence-electron chi connectivity index (χ1n) is 21.7. The van der Waals surface area contributed by atoms with Crippen LogP contribution in [0.15, 0.2) is 60.7 Å². The Kier molecular flexibility index (Phi) is 17.7. The second-order valence-corrected chi connectivity index (χ2v) is 15.6. The number of carbonyl (C=O) groups excluding carboxylic acids is 5. The molecule has 18 heteroatoms. The lowest BCUT2D eigenvalue weighted by Gasteiger charge is -2.32. The molecule has 0 saturated carbocycles. The maximum atomic E-state index is 14.7. The van der Waals surface area contributed by atoms with Crippen LogP contribution in [0.3, 0.4) is 0 Å². The molecule has 3 aromatic carbocycles. The lowest BCUT2D eigenvalue weighted by atomic mass is 9.93. The van der Waals surface area contributed by atoms with E-state index in [1.165, 1.54) is 24.4 Å². The van der Waals surface area contributed by atoms with Crippen molar-refractivity contribution < 1.29 is 33.4 Å². The van der Waals surface area contributed by atoms with Gasteiger partial charge in [0.25, 0.3) is 5.91 Å². The van der Waals surface area contributed by atoms with Gasteiger partial charge in [0.1, 0.15) is 55.4 Å². The van der Waals surface area contributed by atoms with Gasteiger partial charge in [-0.1, -0.05) is 37.1 Å². The molecule has 0 fully saturated rings. The van der Waals surface area contributed by atoms with E-state index in [4.69, 9.17) is 31.9 Å². The van der Waals surface area contributed by atoms with Crippen molar-refractivity contribution in [2.45, 2.75) is 71.1 Å². The fourth-order valence-electron chi connectivity index (χ4n) is 7.41. The summed E-state index contributed by atoms with van der Waals surface area (Å²) in [5.41, 5.74) is 22.3. The Balaban J connectivity index is 1.56. The fourth-order valence-corrected chi connectivity index (χ4v) is 7.41. The predicted octanol–water partition coefficient (Wildman–Crippen LogP) is 1.23. The van der Waals surface area contributed by atoms with Crippen molar-refractivity contribution in [2.75, 3.05) is 46.4 Å². The number of nitrogens with one attached hydrogen (secondary N) is 4. The maximum absolute atomic E-state index is 14.7. The summed E-state index contributed by atoms with van der Waals surface area (Å²) in [6.07, 6.45) is 0.891. The van der Waals surface area contributed by atoms with Crippen LogP contribution in [0.1, 0.15) is 76.1 Å². The van der Waals surface area contributed by atoms with Crippen LogP contribution < -0.4 is 47.9 Å². The minimum atomic E-state index is -1.41. The third kappa shape index (κ3) is 12.4. The molecule has 10 N–H and O–H groups in total. The van der Waals surface area contributed by atoms with Crippen LogP contribution in [0.2, 0.25) is 0 Å². The standard InChI is InChI=1S/C48H57N11O7/c1-6-31-7-9-32(10-8-31)12-16-41-54-28(2)42(29(3)55-41)46(62)57-37(17-18-49)48(64)59(5)43-34-13-15-40(66-24-21-52)36(27-34)35-25-33(11-14-39(35)65-23-20-51)26-38(45(61)53-22-19-50)58-44(60)30(4)56-47(43)63/h7-11,13-15,25,27,30,37-38,43H,6,17-18,20-24,26,49,51-52H2,1-5H3,(H,53,61)(H,56,63)(H,57,62)(H,58,60). The molecule has 1 aliphatic heterocycles. The Bertz CT molecular complexity index is 2510. The first-order valence-corrected chi connectivity index (χ1v) is 21.7. The summed E-state index contributed by atoms with van der Waals surface area (Å²) in [5.74, 6) is 3.60. The number of ether oxygens (including phenoxy) is 2. The van der Waals surface area contributed by atoms with Gasteiger partial charge in [-0.15, -0.1) is 0 Å². The lowest BCUT2D eigenvalue weighted by molar-refractivity contribution is -0.141. The minimum absolute atomic E-state index is 0.00185. The number of hydrogen-bond donors (Lipinski definition) is 7. The molecule has 18 nitrogen and oxygen atoms in total. The zero-order chi connectivity index (χ0) is 47.9. The summed E-state index contributed by atoms with van der Waals surface area (Å²) < 4.78 is 12.2. The van der Waals surface area contributed by atoms with Gasteiger partial charge < -0.3 is 52.8 Å². The van der Waals surface area contributed by atoms with Gasteiger partial charge in [0.05, 0.1) is 23.0 Å². The molecule has 1 aromatic heterocycles. The number of nitrogens with two attached hydrogens (primary N) is 3. The van der Waals surface area contributed by atoms with Crippen LogP contribution in [-0.4, -0.2) is 109 Å². The van der Waals surface area contributed by atoms with E-state index in [0.717, 1.165) is 12.0 Å². The van der Waals surface area contributed by atoms with Crippen molar-refractivity contribution in [3.05, 3.63) is 106 Å². The van der Waals surface area contributed by atoms with E-state index >= 15 is 0 Å². The van der Waals surface area contributed by atoms with Gasteiger partial charge in [-0.2, -0.15) is 5.26 Å². The molecule has 4 unspecified atom stereocenters. The molecule has 0 spiro atoms. The maximum Gasteiger partial charge on any atom is 0.255 e. The van der Waals surface area contributed by atoms with Crippen LogP contribution >= 0.6 is 0 Å². The molecule has 4 bridgehead atoms. The van der Waals surface area contributed by atoms with E-state index in [0.29, 0.717) is 45.1 Å². The van der Waals surface area contributed by atoms with Gasteiger partial charge >= 0.3 is 0 Å². The van der Waals surface area contributed by atoms with Gasteiger partial charge in [0.15, 0.2) is 0 Å². The summed E-state index contributed by atoms with van der Waals surface area (Å²) >= 11 is 0. The molecule has 66 heavy (non-hydrogen) atoms. The molecule has 346 valence electrons. The average molecular weight is 900 g/mol. The molecule has 0 aliphatic carbocycles. The highest BCUT2D eigenvalue weighted by atomic mass is 16.5. The minimum Gasteiger partial charge on any atom is -0.492 e. The number of hydrogen-bond acceptors (Lipinski definition) is 13. The van der Waals surface area contributed by atoms with E-state index < -0.39 is 53.7 Å². The smallest absolute Gasteiger partial charge is 0.255 e. The first kappa shape index (κ1) is 49.6. The van der Waals surface area contributed by atoms with E-state index in [1.54, 1.807) is 50.2 Å². The number of rotatable bonds is 15. The molecule has 0 radical (unpaired) electrons. The van der Waals surface area contributed by atoms with Crippen LogP contribution in [0.4, 0.5) is 0 Å². The van der Waals surface area contributed by atoms with E-state index in [-0.39, 0.29) is 63.6 Å².